The molecule has 5 aliphatic rings. The first kappa shape index (κ1) is 30.6. The van der Waals surface area contributed by atoms with Crippen LogP contribution in [0.15, 0.2) is 36.8 Å². The Morgan fingerprint density at radius 1 is 1.27 bits per heavy atom. The van der Waals surface area contributed by atoms with E-state index < -0.39 is 35.3 Å². The van der Waals surface area contributed by atoms with Crippen molar-refractivity contribution in [3.8, 4) is 23.2 Å². The average molecular weight is 654 g/mol. The number of hydrogen-bond acceptors (Lipinski definition) is 7. The first-order chi connectivity index (χ1) is 23.2. The number of ether oxygens (including phenoxy) is 1. The van der Waals surface area contributed by atoms with Crippen molar-refractivity contribution in [2.45, 2.75) is 55.8 Å². The van der Waals surface area contributed by atoms with E-state index in [1.165, 1.54) is 16.7 Å². The van der Waals surface area contributed by atoms with Gasteiger partial charge in [-0.2, -0.15) is 5.26 Å². The van der Waals surface area contributed by atoms with Crippen LogP contribution in [-0.4, -0.2) is 89.3 Å². The molecule has 0 spiro atoms. The van der Waals surface area contributed by atoms with Crippen LogP contribution < -0.4 is 9.64 Å². The number of hydrogen-bond donors (Lipinski definition) is 0. The molecule has 246 valence electrons. The van der Waals surface area contributed by atoms with E-state index in [4.69, 9.17) is 11.3 Å². The third-order valence-electron chi connectivity index (χ3n) is 11.1. The van der Waals surface area contributed by atoms with Crippen LogP contribution in [0.3, 0.4) is 0 Å². The molecule has 12 heteroatoms. The van der Waals surface area contributed by atoms with E-state index in [2.05, 4.69) is 38.4 Å². The lowest BCUT2D eigenvalue weighted by Gasteiger charge is -2.40. The summed E-state index contributed by atoms with van der Waals surface area (Å²) in [4.78, 5) is 30.6. The fraction of sp³-hybridized carbons (Fsp3) is 0.472. The molecular formula is C36H34F3N7O2. The second-order valence-electron chi connectivity index (χ2n) is 13.8. The summed E-state index contributed by atoms with van der Waals surface area (Å²) >= 11 is 0. The second-order valence-corrected chi connectivity index (χ2v) is 13.8. The lowest BCUT2D eigenvalue weighted by Crippen LogP contribution is -2.56. The minimum absolute atomic E-state index is 0.0140. The van der Waals surface area contributed by atoms with Crippen molar-refractivity contribution in [3.63, 3.8) is 0 Å². The van der Waals surface area contributed by atoms with Crippen LogP contribution in [-0.2, 0) is 11.2 Å². The van der Waals surface area contributed by atoms with Gasteiger partial charge in [-0.3, -0.25) is 14.7 Å². The summed E-state index contributed by atoms with van der Waals surface area (Å²) in [6.07, 6.45) is 4.57. The number of carbonyl (C=O) groups is 1. The number of carbonyl (C=O) groups excluding carboxylic acids is 1. The number of nitriles is 1. The Labute approximate surface area is 276 Å². The number of nitrogens with zero attached hydrogens (tertiary/aromatic N) is 7. The monoisotopic (exact) mass is 653 g/mol. The molecule has 4 fully saturated rings. The lowest BCUT2D eigenvalue weighted by atomic mass is 9.95. The smallest absolute Gasteiger partial charge is 0.282 e. The van der Waals surface area contributed by atoms with Crippen LogP contribution in [0.4, 0.5) is 18.9 Å². The standard InChI is InChI=1S/C36H34F3N7O2/c1-20(37)35(47)46-10-9-44(18-24(46)15-41-2)33-27(14-40)34(48-19-36-7-4-8-45(36)17-23(38)13-36)43-32-28(33)16-42-31(30(32)39)25-6-3-5-21-11-22-12-26(22)29(21)25/h3,5-6,16,22-24,26H,1,4,7-13,15,17-19H2/t22?,23-,24+,26?,36?/m1/s1. The fourth-order valence-electron chi connectivity index (χ4n) is 8.81. The summed E-state index contributed by atoms with van der Waals surface area (Å²) in [5.74, 6) is -1.71. The van der Waals surface area contributed by atoms with Crippen molar-refractivity contribution in [3.05, 3.63) is 70.7 Å². The maximum Gasteiger partial charge on any atom is 0.282 e. The van der Waals surface area contributed by atoms with E-state index in [1.54, 1.807) is 4.90 Å². The molecule has 3 saturated heterocycles. The maximum absolute atomic E-state index is 16.9. The van der Waals surface area contributed by atoms with Crippen LogP contribution >= 0.6 is 0 Å². The molecule has 3 aliphatic heterocycles. The SMILES string of the molecule is [C-]#[N+]C[C@H]1CN(c2c(C#N)c(OCC34CCCN3C[C@H](F)C4)nc3c(F)c(-c4cccc5c4C4CC4C5)ncc23)CCN1C(=O)C(=C)F. The van der Waals surface area contributed by atoms with Gasteiger partial charge in [0.15, 0.2) is 11.6 Å². The molecule has 0 N–H and O–H groups in total. The van der Waals surface area contributed by atoms with Crippen molar-refractivity contribution >= 4 is 22.5 Å². The summed E-state index contributed by atoms with van der Waals surface area (Å²) in [5, 5.41) is 10.9. The summed E-state index contributed by atoms with van der Waals surface area (Å²) in [6, 6.07) is 7.42. The Kier molecular flexibility index (Phi) is 7.33. The molecular weight excluding hydrogens is 619 g/mol. The number of anilines is 1. The minimum atomic E-state index is -1.12. The Bertz CT molecular complexity index is 1960. The number of amides is 1. The van der Waals surface area contributed by atoms with Crippen molar-refractivity contribution in [2.24, 2.45) is 5.92 Å². The van der Waals surface area contributed by atoms with Gasteiger partial charge in [0.2, 0.25) is 12.4 Å². The predicted molar refractivity (Wildman–Crippen MR) is 172 cm³/mol. The zero-order valence-electron chi connectivity index (χ0n) is 26.4. The molecule has 3 unspecified atom stereocenters. The Hall–Kier alpha value is -4.68. The zero-order chi connectivity index (χ0) is 33.3. The Morgan fingerprint density at radius 3 is 2.92 bits per heavy atom. The highest BCUT2D eigenvalue weighted by Gasteiger charge is 2.50. The second kappa shape index (κ2) is 11.5. The summed E-state index contributed by atoms with van der Waals surface area (Å²) in [6.45, 7) is 12.0. The molecule has 3 aromatic rings. The Balaban J connectivity index is 1.25. The number of aromatic nitrogens is 2. The van der Waals surface area contributed by atoms with E-state index in [9.17, 15) is 18.8 Å². The normalized spacial score (nSPS) is 27.3. The van der Waals surface area contributed by atoms with Crippen molar-refractivity contribution in [1.82, 2.24) is 19.8 Å². The van der Waals surface area contributed by atoms with Gasteiger partial charge in [-0.1, -0.05) is 24.8 Å². The van der Waals surface area contributed by atoms with Crippen molar-refractivity contribution in [2.75, 3.05) is 50.8 Å². The fourth-order valence-corrected chi connectivity index (χ4v) is 8.81. The number of fused-ring (bicyclic) bond motifs is 5. The molecule has 2 aromatic heterocycles. The number of rotatable bonds is 7. The number of pyridine rings is 2. The topological polar surface area (TPSA) is 90.0 Å². The van der Waals surface area contributed by atoms with Gasteiger partial charge < -0.3 is 19.4 Å². The molecule has 0 bridgehead atoms. The highest BCUT2D eigenvalue weighted by atomic mass is 19.1. The molecule has 48 heavy (non-hydrogen) atoms. The van der Waals surface area contributed by atoms with Gasteiger partial charge in [-0.15, -0.1) is 0 Å². The van der Waals surface area contributed by atoms with Crippen molar-refractivity contribution in [1.29, 1.82) is 5.26 Å². The van der Waals surface area contributed by atoms with E-state index in [-0.39, 0.29) is 55.4 Å². The van der Waals surface area contributed by atoms with Crippen molar-refractivity contribution < 1.29 is 22.7 Å². The van der Waals surface area contributed by atoms with E-state index in [0.29, 0.717) is 35.9 Å². The lowest BCUT2D eigenvalue weighted by molar-refractivity contribution is -0.131. The number of piperazine rings is 1. The van der Waals surface area contributed by atoms with Gasteiger partial charge in [0.25, 0.3) is 5.91 Å². The molecule has 1 saturated carbocycles. The minimum Gasteiger partial charge on any atom is -0.475 e. The molecule has 2 aliphatic carbocycles. The summed E-state index contributed by atoms with van der Waals surface area (Å²) in [7, 11) is 0. The molecule has 1 aromatic carbocycles. The largest absolute Gasteiger partial charge is 0.475 e. The van der Waals surface area contributed by atoms with Crippen LogP contribution in [0.5, 0.6) is 5.88 Å². The zero-order valence-corrected chi connectivity index (χ0v) is 26.4. The molecule has 9 nitrogen and oxygen atoms in total. The predicted octanol–water partition coefficient (Wildman–Crippen LogP) is 5.34. The average Bonchev–Trinajstić information content (AvgIpc) is 3.40. The third-order valence-corrected chi connectivity index (χ3v) is 11.1. The van der Waals surface area contributed by atoms with Gasteiger partial charge >= 0.3 is 0 Å². The molecule has 5 heterocycles. The van der Waals surface area contributed by atoms with Crippen LogP contribution in [0.25, 0.3) is 27.0 Å². The van der Waals surface area contributed by atoms with Gasteiger partial charge in [-0.05, 0) is 55.2 Å². The number of benzene rings is 1. The molecule has 5 atom stereocenters. The molecule has 0 radical (unpaired) electrons. The molecule has 8 rings (SSSR count). The first-order valence-corrected chi connectivity index (χ1v) is 16.5. The van der Waals surface area contributed by atoms with Crippen LogP contribution in [0, 0.1) is 29.6 Å². The van der Waals surface area contributed by atoms with E-state index >= 15 is 4.39 Å². The highest BCUT2D eigenvalue weighted by Crippen LogP contribution is 2.58. The van der Waals surface area contributed by atoms with Crippen LogP contribution in [0.1, 0.15) is 48.3 Å². The van der Waals surface area contributed by atoms with Gasteiger partial charge in [0.1, 0.15) is 41.7 Å². The number of alkyl halides is 1. The van der Waals surface area contributed by atoms with Crippen LogP contribution in [0.2, 0.25) is 0 Å². The number of halogens is 3. The quantitative estimate of drug-likeness (QED) is 0.251. The highest BCUT2D eigenvalue weighted by molar-refractivity contribution is 5.98. The molecule has 1 amide bonds. The summed E-state index contributed by atoms with van der Waals surface area (Å²) in [5.41, 5.74) is 3.11. The van der Waals surface area contributed by atoms with Gasteiger partial charge in [0, 0.05) is 49.7 Å². The van der Waals surface area contributed by atoms with E-state index in [1.807, 2.05) is 12.1 Å². The first-order valence-electron chi connectivity index (χ1n) is 16.5. The van der Waals surface area contributed by atoms with Gasteiger partial charge in [-0.25, -0.2) is 24.7 Å². The van der Waals surface area contributed by atoms with Gasteiger partial charge in [0.05, 0.1) is 11.2 Å². The third kappa shape index (κ3) is 4.80. The Morgan fingerprint density at radius 2 is 2.12 bits per heavy atom. The van der Waals surface area contributed by atoms with E-state index in [0.717, 1.165) is 43.4 Å². The maximum atomic E-state index is 16.9. The summed E-state index contributed by atoms with van der Waals surface area (Å²) < 4.78 is 51.8.